The predicted molar refractivity (Wildman–Crippen MR) is 230 cm³/mol. The van der Waals surface area contributed by atoms with Crippen molar-refractivity contribution in [3.63, 3.8) is 0 Å². The van der Waals surface area contributed by atoms with Crippen LogP contribution in [0.3, 0.4) is 0 Å². The molecule has 0 unspecified atom stereocenters. The Morgan fingerprint density at radius 3 is 2.07 bits per heavy atom. The molecule has 6 aromatic carbocycles. The number of benzene rings is 6. The number of pyridine rings is 2. The Hall–Kier alpha value is -6.49. The second-order valence-corrected chi connectivity index (χ2v) is 16.1. The first-order chi connectivity index (χ1) is 27.0. The molecular formula is C51H35N3S. The number of hydrogen-bond donors (Lipinski definition) is 0. The summed E-state index contributed by atoms with van der Waals surface area (Å²) in [6.07, 6.45) is 8.32. The normalized spacial score (nSPS) is 14.2. The SMILES string of the molecule is CC1(C)c2ccccc2-c2cc3c(cc21)Sc1ccccc1-c1ccccc1/C=C\c1ccc(-c2ccc4c(c2)c2ncccc2n4-c2ccccn2)cc1-3. The minimum atomic E-state index is -0.109. The maximum atomic E-state index is 4.88. The van der Waals surface area contributed by atoms with Crippen LogP contribution in [-0.2, 0) is 5.41 Å². The monoisotopic (exact) mass is 721 g/mol. The molecule has 4 heteroatoms. The van der Waals surface area contributed by atoms with Crippen LogP contribution in [0.25, 0.3) is 84.4 Å². The van der Waals surface area contributed by atoms with Gasteiger partial charge in [0.2, 0.25) is 0 Å². The molecule has 0 saturated heterocycles. The van der Waals surface area contributed by atoms with E-state index in [0.717, 1.165) is 38.9 Å². The number of hydrogen-bond acceptors (Lipinski definition) is 3. The van der Waals surface area contributed by atoms with Crippen LogP contribution in [0.5, 0.6) is 0 Å². The summed E-state index contributed by atoms with van der Waals surface area (Å²) in [6.45, 7) is 4.74. The van der Waals surface area contributed by atoms with Crippen LogP contribution in [-0.4, -0.2) is 14.5 Å². The van der Waals surface area contributed by atoms with Gasteiger partial charge in [-0.25, -0.2) is 4.98 Å². The molecule has 3 nitrogen and oxygen atoms in total. The number of rotatable bonds is 2. The average Bonchev–Trinajstić information content (AvgIpc) is 3.67. The van der Waals surface area contributed by atoms with Crippen molar-refractivity contribution in [2.75, 3.05) is 0 Å². The Morgan fingerprint density at radius 2 is 1.20 bits per heavy atom. The molecule has 11 rings (SSSR count). The van der Waals surface area contributed by atoms with E-state index in [2.05, 4.69) is 164 Å². The van der Waals surface area contributed by atoms with Gasteiger partial charge in [-0.1, -0.05) is 129 Å². The molecule has 0 spiro atoms. The van der Waals surface area contributed by atoms with Gasteiger partial charge in [-0.05, 0) is 127 Å². The highest BCUT2D eigenvalue weighted by Crippen LogP contribution is 2.53. The van der Waals surface area contributed by atoms with Crippen molar-refractivity contribution in [2.45, 2.75) is 29.1 Å². The van der Waals surface area contributed by atoms with Crippen molar-refractivity contribution < 1.29 is 0 Å². The molecule has 0 N–H and O–H groups in total. The van der Waals surface area contributed by atoms with E-state index in [1.54, 1.807) is 0 Å². The molecule has 1 aliphatic heterocycles. The molecule has 9 aromatic rings. The molecule has 0 atom stereocenters. The average molecular weight is 722 g/mol. The van der Waals surface area contributed by atoms with E-state index >= 15 is 0 Å². The van der Waals surface area contributed by atoms with Crippen molar-refractivity contribution >= 4 is 45.9 Å². The fourth-order valence-corrected chi connectivity index (χ4v) is 9.98. The lowest BCUT2D eigenvalue weighted by molar-refractivity contribution is 0.659. The van der Waals surface area contributed by atoms with Gasteiger partial charge < -0.3 is 0 Å². The number of fused-ring (bicyclic) bond motifs is 12. The molecule has 0 bridgehead atoms. The van der Waals surface area contributed by atoms with Gasteiger partial charge in [0, 0.05) is 33.0 Å². The summed E-state index contributed by atoms with van der Waals surface area (Å²) in [7, 11) is 0. The van der Waals surface area contributed by atoms with E-state index in [0.29, 0.717) is 0 Å². The third-order valence-electron chi connectivity index (χ3n) is 11.6. The fourth-order valence-electron chi connectivity index (χ4n) is 8.85. The van der Waals surface area contributed by atoms with Gasteiger partial charge >= 0.3 is 0 Å². The van der Waals surface area contributed by atoms with Crippen molar-refractivity contribution in [3.05, 3.63) is 186 Å². The van der Waals surface area contributed by atoms with Crippen LogP contribution in [0.1, 0.15) is 36.1 Å². The minimum Gasteiger partial charge on any atom is -0.292 e. The Bertz CT molecular complexity index is 3040. The zero-order valence-corrected chi connectivity index (χ0v) is 31.3. The van der Waals surface area contributed by atoms with Gasteiger partial charge in [-0.3, -0.25) is 9.55 Å². The third kappa shape index (κ3) is 4.98. The summed E-state index contributed by atoms with van der Waals surface area (Å²) >= 11 is 1.88. The van der Waals surface area contributed by atoms with E-state index in [4.69, 9.17) is 9.97 Å². The standard InChI is InChI=1S/C51H35N3S/c1-51(2)43-16-7-5-14-37(43)40-30-41-39-28-34(35-24-25-45-42(29-35)50-46(17-11-27-53-50)54(45)49-19-9-10-26-52-49)23-22-33(39)21-20-32-12-3-4-13-36(32)38-15-6-8-18-47(38)55-48(41)31-44(40)51/h3-31H,1-2H3/b21-20-. The van der Waals surface area contributed by atoms with E-state index < -0.39 is 0 Å². The summed E-state index contributed by atoms with van der Waals surface area (Å²) in [5, 5.41) is 1.11. The summed E-state index contributed by atoms with van der Waals surface area (Å²) in [4.78, 5) is 12.1. The second-order valence-electron chi connectivity index (χ2n) is 15.0. The van der Waals surface area contributed by atoms with Gasteiger partial charge in [0.1, 0.15) is 5.82 Å². The van der Waals surface area contributed by atoms with Gasteiger partial charge in [0.25, 0.3) is 0 Å². The first-order valence-corrected chi connectivity index (χ1v) is 19.6. The molecule has 0 radical (unpaired) electrons. The number of aromatic nitrogens is 3. The second kappa shape index (κ2) is 12.3. The highest BCUT2D eigenvalue weighted by atomic mass is 32.2. The highest BCUT2D eigenvalue weighted by molar-refractivity contribution is 7.99. The first kappa shape index (κ1) is 32.0. The van der Waals surface area contributed by atoms with Crippen LogP contribution in [0.4, 0.5) is 0 Å². The van der Waals surface area contributed by atoms with Gasteiger partial charge in [-0.2, -0.15) is 0 Å². The zero-order valence-electron chi connectivity index (χ0n) is 30.5. The largest absolute Gasteiger partial charge is 0.292 e. The Kier molecular flexibility index (Phi) is 7.14. The Labute approximate surface area is 324 Å². The maximum Gasteiger partial charge on any atom is 0.137 e. The van der Waals surface area contributed by atoms with Crippen molar-refractivity contribution in [2.24, 2.45) is 0 Å². The Balaban J connectivity index is 1.17. The van der Waals surface area contributed by atoms with Crippen molar-refractivity contribution in [3.8, 4) is 50.3 Å². The van der Waals surface area contributed by atoms with Gasteiger partial charge in [0.05, 0.1) is 16.6 Å². The maximum absolute atomic E-state index is 4.88. The van der Waals surface area contributed by atoms with E-state index in [-0.39, 0.29) is 5.41 Å². The van der Waals surface area contributed by atoms with Crippen LogP contribution < -0.4 is 0 Å². The van der Waals surface area contributed by atoms with E-state index in [9.17, 15) is 0 Å². The molecule has 55 heavy (non-hydrogen) atoms. The van der Waals surface area contributed by atoms with E-state index in [1.165, 1.54) is 65.4 Å². The molecule has 2 aliphatic rings. The quantitative estimate of drug-likeness (QED) is 0.178. The predicted octanol–water partition coefficient (Wildman–Crippen LogP) is 13.5. The topological polar surface area (TPSA) is 30.7 Å². The van der Waals surface area contributed by atoms with E-state index in [1.807, 2.05) is 42.4 Å². The summed E-state index contributed by atoms with van der Waals surface area (Å²) in [5.41, 5.74) is 18.1. The van der Waals surface area contributed by atoms with Gasteiger partial charge in [-0.15, -0.1) is 0 Å². The summed E-state index contributed by atoms with van der Waals surface area (Å²) < 4.78 is 2.21. The molecule has 3 aromatic heterocycles. The van der Waals surface area contributed by atoms with Crippen LogP contribution in [0, 0.1) is 0 Å². The minimum absolute atomic E-state index is 0.109. The highest BCUT2D eigenvalue weighted by Gasteiger charge is 2.36. The van der Waals surface area contributed by atoms with Crippen molar-refractivity contribution in [1.29, 1.82) is 0 Å². The van der Waals surface area contributed by atoms with Crippen LogP contribution in [0.15, 0.2) is 174 Å². The molecule has 0 amide bonds. The molecular weight excluding hydrogens is 687 g/mol. The smallest absolute Gasteiger partial charge is 0.137 e. The lowest BCUT2D eigenvalue weighted by atomic mass is 9.82. The lowest BCUT2D eigenvalue weighted by Crippen LogP contribution is -2.15. The third-order valence-corrected chi connectivity index (χ3v) is 12.7. The van der Waals surface area contributed by atoms with Gasteiger partial charge in [0.15, 0.2) is 0 Å². The number of nitrogens with zero attached hydrogens (tertiary/aromatic N) is 3. The summed E-state index contributed by atoms with van der Waals surface area (Å²) in [5.74, 6) is 0.883. The van der Waals surface area contributed by atoms with Crippen LogP contribution >= 0.6 is 11.8 Å². The lowest BCUT2D eigenvalue weighted by Gasteiger charge is -2.23. The van der Waals surface area contributed by atoms with Crippen molar-refractivity contribution in [1.82, 2.24) is 14.5 Å². The molecule has 260 valence electrons. The Morgan fingerprint density at radius 1 is 0.473 bits per heavy atom. The first-order valence-electron chi connectivity index (χ1n) is 18.8. The molecule has 0 saturated carbocycles. The molecule has 0 fully saturated rings. The fraction of sp³-hybridized carbons (Fsp3) is 0.0588. The molecule has 4 heterocycles. The molecule has 1 aliphatic carbocycles. The van der Waals surface area contributed by atoms with Crippen LogP contribution in [0.2, 0.25) is 0 Å². The zero-order chi connectivity index (χ0) is 36.7. The summed E-state index contributed by atoms with van der Waals surface area (Å²) in [6, 6.07) is 55.4.